The maximum Gasteiger partial charge on any atom is 0.282 e. The van der Waals surface area contributed by atoms with E-state index in [0.29, 0.717) is 39.3 Å². The minimum atomic E-state index is -0.532. The molecule has 4 rings (SSSR count). The summed E-state index contributed by atoms with van der Waals surface area (Å²) in [6, 6.07) is 14.0. The molecule has 2 aliphatic rings. The summed E-state index contributed by atoms with van der Waals surface area (Å²) in [5.74, 6) is -0.273. The Labute approximate surface area is 168 Å². The Morgan fingerprint density at radius 2 is 1.62 bits per heavy atom. The Kier molecular flexibility index (Phi) is 5.26. The molecular weight excluding hydrogens is 372 g/mol. The fraction of sp³-hybridized carbons (Fsp3) is 0.333. The summed E-state index contributed by atoms with van der Waals surface area (Å²) in [5.41, 5.74) is 2.11. The molecule has 29 heavy (non-hydrogen) atoms. The number of hydrogen-bond donors (Lipinski definition) is 0. The van der Waals surface area contributed by atoms with E-state index in [1.54, 1.807) is 17.0 Å². The fourth-order valence-corrected chi connectivity index (χ4v) is 3.97. The van der Waals surface area contributed by atoms with Gasteiger partial charge >= 0.3 is 0 Å². The molecule has 2 amide bonds. The van der Waals surface area contributed by atoms with Gasteiger partial charge in [-0.2, -0.15) is 0 Å². The molecule has 0 atom stereocenters. The van der Waals surface area contributed by atoms with E-state index in [4.69, 9.17) is 0 Å². The minimum absolute atomic E-state index is 0.0634. The number of para-hydroxylation sites is 2. The van der Waals surface area contributed by atoms with E-state index in [0.717, 1.165) is 12.1 Å². The van der Waals surface area contributed by atoms with Crippen LogP contribution in [-0.4, -0.2) is 65.8 Å². The zero-order chi connectivity index (χ0) is 20.4. The van der Waals surface area contributed by atoms with Crippen LogP contribution in [-0.2, 0) is 11.2 Å². The van der Waals surface area contributed by atoms with Crippen LogP contribution >= 0.6 is 0 Å². The maximum absolute atomic E-state index is 12.8. The van der Waals surface area contributed by atoms with Crippen LogP contribution in [0.2, 0.25) is 0 Å². The number of hydrogen-bond acceptors (Lipinski definition) is 5. The SMILES string of the molecule is O=C(c1ccccc1[N+](=O)[O-])N1CCN(CC(=O)N2CCc3ccccc32)CC1. The summed E-state index contributed by atoms with van der Waals surface area (Å²) in [4.78, 5) is 41.6. The highest BCUT2D eigenvalue weighted by Crippen LogP contribution is 2.27. The molecule has 0 spiro atoms. The van der Waals surface area contributed by atoms with Gasteiger partial charge < -0.3 is 9.80 Å². The van der Waals surface area contributed by atoms with Crippen LogP contribution in [0.15, 0.2) is 48.5 Å². The highest BCUT2D eigenvalue weighted by atomic mass is 16.6. The van der Waals surface area contributed by atoms with Gasteiger partial charge in [-0.25, -0.2) is 0 Å². The second kappa shape index (κ2) is 8.00. The van der Waals surface area contributed by atoms with Crippen molar-refractivity contribution in [2.75, 3.05) is 44.2 Å². The third-order valence-corrected chi connectivity index (χ3v) is 5.54. The summed E-state index contributed by atoms with van der Waals surface area (Å²) >= 11 is 0. The molecule has 0 N–H and O–H groups in total. The highest BCUT2D eigenvalue weighted by Gasteiger charge is 2.30. The van der Waals surface area contributed by atoms with E-state index < -0.39 is 4.92 Å². The van der Waals surface area contributed by atoms with Gasteiger partial charge in [0.05, 0.1) is 11.5 Å². The average Bonchev–Trinajstić information content (AvgIpc) is 3.18. The van der Waals surface area contributed by atoms with E-state index >= 15 is 0 Å². The van der Waals surface area contributed by atoms with E-state index in [1.165, 1.54) is 17.7 Å². The summed E-state index contributed by atoms with van der Waals surface area (Å²) in [6.07, 6.45) is 0.875. The molecule has 2 aromatic rings. The van der Waals surface area contributed by atoms with E-state index in [-0.39, 0.29) is 23.1 Å². The first-order chi connectivity index (χ1) is 14.0. The molecule has 8 nitrogen and oxygen atoms in total. The van der Waals surface area contributed by atoms with Crippen molar-refractivity contribution >= 4 is 23.2 Å². The number of fused-ring (bicyclic) bond motifs is 1. The molecule has 150 valence electrons. The standard InChI is InChI=1S/C21H22N4O4/c26-20(24-10-9-16-5-1-3-7-18(16)24)15-22-11-13-23(14-12-22)21(27)17-6-2-4-8-19(17)25(28)29/h1-8H,9-15H2. The lowest BCUT2D eigenvalue weighted by molar-refractivity contribution is -0.385. The van der Waals surface area contributed by atoms with E-state index in [9.17, 15) is 19.7 Å². The molecule has 0 saturated carbocycles. The summed E-state index contributed by atoms with van der Waals surface area (Å²) in [6.45, 7) is 3.01. The first kappa shape index (κ1) is 19.1. The number of amides is 2. The number of carbonyl (C=O) groups excluding carboxylic acids is 2. The maximum atomic E-state index is 12.8. The molecule has 1 fully saturated rings. The molecular formula is C21H22N4O4. The number of nitro benzene ring substituents is 1. The van der Waals surface area contributed by atoms with Gasteiger partial charge in [-0.05, 0) is 24.1 Å². The van der Waals surface area contributed by atoms with Crippen molar-refractivity contribution in [3.05, 3.63) is 69.8 Å². The zero-order valence-electron chi connectivity index (χ0n) is 16.0. The van der Waals surface area contributed by atoms with Gasteiger partial charge in [0, 0.05) is 44.5 Å². The lowest BCUT2D eigenvalue weighted by Crippen LogP contribution is -2.51. The van der Waals surface area contributed by atoms with Crippen molar-refractivity contribution in [1.29, 1.82) is 0 Å². The summed E-state index contributed by atoms with van der Waals surface area (Å²) in [5, 5.41) is 11.2. The van der Waals surface area contributed by atoms with Crippen molar-refractivity contribution in [3.8, 4) is 0 Å². The van der Waals surface area contributed by atoms with Gasteiger partial charge in [-0.1, -0.05) is 30.3 Å². The largest absolute Gasteiger partial charge is 0.336 e. The van der Waals surface area contributed by atoms with Crippen molar-refractivity contribution in [1.82, 2.24) is 9.80 Å². The third kappa shape index (κ3) is 3.84. The van der Waals surface area contributed by atoms with Gasteiger partial charge in [0.25, 0.3) is 11.6 Å². The Bertz CT molecular complexity index is 953. The molecule has 2 aliphatic heterocycles. The smallest absolute Gasteiger partial charge is 0.282 e. The molecule has 0 bridgehead atoms. The van der Waals surface area contributed by atoms with Gasteiger partial charge in [0.2, 0.25) is 5.91 Å². The monoisotopic (exact) mass is 394 g/mol. The molecule has 1 saturated heterocycles. The molecule has 0 aromatic heterocycles. The molecule has 8 heteroatoms. The van der Waals surface area contributed by atoms with Crippen molar-refractivity contribution in [3.63, 3.8) is 0 Å². The van der Waals surface area contributed by atoms with Crippen LogP contribution in [0.25, 0.3) is 0 Å². The van der Waals surface area contributed by atoms with Crippen molar-refractivity contribution in [2.24, 2.45) is 0 Å². The topological polar surface area (TPSA) is 87.0 Å². The molecule has 0 radical (unpaired) electrons. The van der Waals surface area contributed by atoms with Crippen LogP contribution in [0.4, 0.5) is 11.4 Å². The average molecular weight is 394 g/mol. The van der Waals surface area contributed by atoms with E-state index in [1.807, 2.05) is 28.0 Å². The number of benzene rings is 2. The number of carbonyl (C=O) groups is 2. The minimum Gasteiger partial charge on any atom is -0.336 e. The van der Waals surface area contributed by atoms with Gasteiger partial charge in [-0.15, -0.1) is 0 Å². The van der Waals surface area contributed by atoms with Crippen molar-refractivity contribution < 1.29 is 14.5 Å². The molecule has 0 aliphatic carbocycles. The van der Waals surface area contributed by atoms with Crippen LogP contribution in [0, 0.1) is 10.1 Å². The van der Waals surface area contributed by atoms with Gasteiger partial charge in [-0.3, -0.25) is 24.6 Å². The number of anilines is 1. The Morgan fingerprint density at radius 3 is 2.38 bits per heavy atom. The Balaban J connectivity index is 1.35. The number of piperazine rings is 1. The highest BCUT2D eigenvalue weighted by molar-refractivity contribution is 5.98. The fourth-order valence-electron chi connectivity index (χ4n) is 3.97. The van der Waals surface area contributed by atoms with Gasteiger partial charge in [0.1, 0.15) is 5.56 Å². The third-order valence-electron chi connectivity index (χ3n) is 5.54. The number of rotatable bonds is 4. The Hall–Kier alpha value is -3.26. The molecule has 2 heterocycles. The number of nitro groups is 1. The first-order valence-electron chi connectivity index (χ1n) is 9.68. The van der Waals surface area contributed by atoms with Crippen LogP contribution in [0.5, 0.6) is 0 Å². The van der Waals surface area contributed by atoms with Crippen LogP contribution in [0.3, 0.4) is 0 Å². The predicted octanol–water partition coefficient (Wildman–Crippen LogP) is 1.94. The summed E-state index contributed by atoms with van der Waals surface area (Å²) in [7, 11) is 0. The lowest BCUT2D eigenvalue weighted by atomic mass is 10.1. The second-order valence-electron chi connectivity index (χ2n) is 7.27. The zero-order valence-corrected chi connectivity index (χ0v) is 16.0. The van der Waals surface area contributed by atoms with Crippen LogP contribution in [0.1, 0.15) is 15.9 Å². The Morgan fingerprint density at radius 1 is 0.931 bits per heavy atom. The first-order valence-corrected chi connectivity index (χ1v) is 9.68. The second-order valence-corrected chi connectivity index (χ2v) is 7.27. The quantitative estimate of drug-likeness (QED) is 0.584. The van der Waals surface area contributed by atoms with Crippen molar-refractivity contribution in [2.45, 2.75) is 6.42 Å². The van der Waals surface area contributed by atoms with E-state index in [2.05, 4.69) is 6.07 Å². The predicted molar refractivity (Wildman–Crippen MR) is 108 cm³/mol. The van der Waals surface area contributed by atoms with Crippen LogP contribution < -0.4 is 4.90 Å². The van der Waals surface area contributed by atoms with Gasteiger partial charge in [0.15, 0.2) is 0 Å². The number of nitrogens with zero attached hydrogens (tertiary/aromatic N) is 4. The lowest BCUT2D eigenvalue weighted by Gasteiger charge is -2.35. The molecule has 0 unspecified atom stereocenters. The molecule has 2 aromatic carbocycles. The summed E-state index contributed by atoms with van der Waals surface area (Å²) < 4.78 is 0. The normalized spacial score (nSPS) is 16.6.